The van der Waals surface area contributed by atoms with E-state index < -0.39 is 6.10 Å². The number of hydrogen-bond donors (Lipinski definition) is 3. The molecule has 20 heavy (non-hydrogen) atoms. The van der Waals surface area contributed by atoms with Gasteiger partial charge in [-0.25, -0.2) is 9.97 Å². The first kappa shape index (κ1) is 14.5. The molecular weight excluding hydrogens is 258 g/mol. The number of hydrogen-bond acceptors (Lipinski definition) is 6. The van der Waals surface area contributed by atoms with E-state index in [1.54, 1.807) is 13.3 Å². The summed E-state index contributed by atoms with van der Waals surface area (Å²) in [6.07, 6.45) is 5.63. The second kappa shape index (κ2) is 7.06. The van der Waals surface area contributed by atoms with E-state index in [4.69, 9.17) is 4.74 Å². The van der Waals surface area contributed by atoms with Gasteiger partial charge in [-0.3, -0.25) is 0 Å². The molecule has 0 aromatic carbocycles. The lowest BCUT2D eigenvalue weighted by Gasteiger charge is -2.12. The fourth-order valence-corrected chi connectivity index (χ4v) is 1.95. The molecule has 2 rings (SSSR count). The lowest BCUT2D eigenvalue weighted by Crippen LogP contribution is -2.19. The van der Waals surface area contributed by atoms with Crippen molar-refractivity contribution in [1.82, 2.24) is 14.4 Å². The van der Waals surface area contributed by atoms with Crippen LogP contribution in [0.1, 0.15) is 13.3 Å². The standard InChI is InChI=1S/C13H21N5O2/c1-3-14-11-8-18-7-6-16-13(18)12(17-11)15-5-4-10(19)9-20-2/h6-8,10,14,19H,3-5,9H2,1-2H3,(H,15,17). The topological polar surface area (TPSA) is 83.7 Å². The van der Waals surface area contributed by atoms with E-state index in [0.717, 1.165) is 18.0 Å². The van der Waals surface area contributed by atoms with Gasteiger partial charge in [0.15, 0.2) is 11.5 Å². The number of aliphatic hydroxyl groups is 1. The van der Waals surface area contributed by atoms with Crippen molar-refractivity contribution in [3.05, 3.63) is 18.6 Å². The molecule has 2 heterocycles. The Bertz CT molecular complexity index is 543. The normalized spacial score (nSPS) is 12.6. The molecule has 0 spiro atoms. The monoisotopic (exact) mass is 279 g/mol. The summed E-state index contributed by atoms with van der Waals surface area (Å²) in [7, 11) is 1.58. The van der Waals surface area contributed by atoms with Gasteiger partial charge in [0, 0.05) is 32.6 Å². The van der Waals surface area contributed by atoms with Gasteiger partial charge in [0.25, 0.3) is 0 Å². The van der Waals surface area contributed by atoms with Crippen LogP contribution in [0.4, 0.5) is 11.6 Å². The average molecular weight is 279 g/mol. The first-order valence-corrected chi connectivity index (χ1v) is 6.73. The number of nitrogens with one attached hydrogen (secondary N) is 2. The lowest BCUT2D eigenvalue weighted by atomic mass is 10.2. The van der Waals surface area contributed by atoms with Crippen molar-refractivity contribution in [2.24, 2.45) is 0 Å². The number of imidazole rings is 1. The maximum Gasteiger partial charge on any atom is 0.180 e. The minimum absolute atomic E-state index is 0.339. The van der Waals surface area contributed by atoms with Crippen molar-refractivity contribution < 1.29 is 9.84 Å². The average Bonchev–Trinajstić information content (AvgIpc) is 2.88. The van der Waals surface area contributed by atoms with Crippen molar-refractivity contribution >= 4 is 17.3 Å². The van der Waals surface area contributed by atoms with E-state index in [-0.39, 0.29) is 0 Å². The van der Waals surface area contributed by atoms with Crippen molar-refractivity contribution in [3.8, 4) is 0 Å². The molecule has 2 aromatic heterocycles. The molecular formula is C13H21N5O2. The Morgan fingerprint density at radius 1 is 1.45 bits per heavy atom. The predicted octanol–water partition coefficient (Wildman–Crippen LogP) is 0.970. The van der Waals surface area contributed by atoms with Crippen LogP contribution in [0.25, 0.3) is 5.65 Å². The van der Waals surface area contributed by atoms with Gasteiger partial charge >= 0.3 is 0 Å². The molecule has 0 amide bonds. The van der Waals surface area contributed by atoms with Crippen LogP contribution in [0, 0.1) is 0 Å². The van der Waals surface area contributed by atoms with E-state index in [9.17, 15) is 5.11 Å². The van der Waals surface area contributed by atoms with E-state index >= 15 is 0 Å². The maximum absolute atomic E-state index is 9.62. The first-order chi connectivity index (χ1) is 9.74. The summed E-state index contributed by atoms with van der Waals surface area (Å²) in [6.45, 7) is 3.77. The Morgan fingerprint density at radius 2 is 2.30 bits per heavy atom. The van der Waals surface area contributed by atoms with Crippen LogP contribution in [0.2, 0.25) is 0 Å². The molecule has 1 atom stereocenters. The molecule has 0 radical (unpaired) electrons. The number of methoxy groups -OCH3 is 1. The zero-order chi connectivity index (χ0) is 14.4. The van der Waals surface area contributed by atoms with Crippen LogP contribution < -0.4 is 10.6 Å². The maximum atomic E-state index is 9.62. The molecule has 2 aromatic rings. The van der Waals surface area contributed by atoms with Crippen molar-refractivity contribution in [3.63, 3.8) is 0 Å². The van der Waals surface area contributed by atoms with Crippen LogP contribution in [-0.2, 0) is 4.74 Å². The number of nitrogens with zero attached hydrogens (tertiary/aromatic N) is 3. The largest absolute Gasteiger partial charge is 0.391 e. The smallest absolute Gasteiger partial charge is 0.180 e. The molecule has 0 aliphatic rings. The lowest BCUT2D eigenvalue weighted by molar-refractivity contribution is 0.0615. The SMILES string of the molecule is CCNc1cn2ccnc2c(NCCC(O)COC)n1. The van der Waals surface area contributed by atoms with Crippen LogP contribution in [0.5, 0.6) is 0 Å². The minimum Gasteiger partial charge on any atom is -0.391 e. The molecule has 0 saturated carbocycles. The Hall–Kier alpha value is -1.86. The first-order valence-electron chi connectivity index (χ1n) is 6.73. The van der Waals surface area contributed by atoms with Crippen LogP contribution in [0.3, 0.4) is 0 Å². The number of ether oxygens (including phenoxy) is 1. The molecule has 7 heteroatoms. The Morgan fingerprint density at radius 3 is 3.05 bits per heavy atom. The Labute approximate surface area is 118 Å². The summed E-state index contributed by atoms with van der Waals surface area (Å²) in [6, 6.07) is 0. The number of aromatic nitrogens is 3. The molecule has 7 nitrogen and oxygen atoms in total. The van der Waals surface area contributed by atoms with Crippen LogP contribution in [0.15, 0.2) is 18.6 Å². The minimum atomic E-state index is -0.472. The highest BCUT2D eigenvalue weighted by Gasteiger charge is 2.08. The Kier molecular flexibility index (Phi) is 5.14. The molecule has 0 aliphatic carbocycles. The fraction of sp³-hybridized carbons (Fsp3) is 0.538. The van der Waals surface area contributed by atoms with Gasteiger partial charge < -0.3 is 24.9 Å². The van der Waals surface area contributed by atoms with E-state index in [1.165, 1.54) is 0 Å². The van der Waals surface area contributed by atoms with Crippen molar-refractivity contribution in [1.29, 1.82) is 0 Å². The molecule has 110 valence electrons. The fourth-order valence-electron chi connectivity index (χ4n) is 1.95. The molecule has 0 saturated heterocycles. The quantitative estimate of drug-likeness (QED) is 0.668. The van der Waals surface area contributed by atoms with Crippen LogP contribution >= 0.6 is 0 Å². The summed E-state index contributed by atoms with van der Waals surface area (Å²) in [5.74, 6) is 1.50. The van der Waals surface area contributed by atoms with E-state index in [1.807, 2.05) is 23.7 Å². The number of fused-ring (bicyclic) bond motifs is 1. The molecule has 3 N–H and O–H groups in total. The van der Waals surface area contributed by atoms with Gasteiger partial charge in [0.2, 0.25) is 0 Å². The highest BCUT2D eigenvalue weighted by molar-refractivity contribution is 5.65. The van der Waals surface area contributed by atoms with Gasteiger partial charge in [0.05, 0.1) is 18.9 Å². The van der Waals surface area contributed by atoms with Crippen molar-refractivity contribution in [2.75, 3.05) is 37.4 Å². The second-order valence-corrected chi connectivity index (χ2v) is 4.49. The highest BCUT2D eigenvalue weighted by Crippen LogP contribution is 2.16. The van der Waals surface area contributed by atoms with E-state index in [2.05, 4.69) is 20.6 Å². The van der Waals surface area contributed by atoms with Gasteiger partial charge in [0.1, 0.15) is 5.82 Å². The summed E-state index contributed by atoms with van der Waals surface area (Å²) in [5.41, 5.74) is 0.771. The third-order valence-electron chi connectivity index (χ3n) is 2.86. The summed E-state index contributed by atoms with van der Waals surface area (Å²) < 4.78 is 6.81. The summed E-state index contributed by atoms with van der Waals surface area (Å²) in [4.78, 5) is 8.76. The number of rotatable bonds is 8. The highest BCUT2D eigenvalue weighted by atomic mass is 16.5. The molecule has 0 bridgehead atoms. The van der Waals surface area contributed by atoms with E-state index in [0.29, 0.717) is 25.4 Å². The summed E-state index contributed by atoms with van der Waals surface area (Å²) in [5, 5.41) is 16.0. The van der Waals surface area contributed by atoms with Gasteiger partial charge in [-0.1, -0.05) is 0 Å². The molecule has 0 fully saturated rings. The number of aliphatic hydroxyl groups excluding tert-OH is 1. The third kappa shape index (κ3) is 3.58. The van der Waals surface area contributed by atoms with Gasteiger partial charge in [-0.2, -0.15) is 0 Å². The van der Waals surface area contributed by atoms with Gasteiger partial charge in [-0.15, -0.1) is 0 Å². The second-order valence-electron chi connectivity index (χ2n) is 4.49. The molecule has 1 unspecified atom stereocenters. The zero-order valence-electron chi connectivity index (χ0n) is 11.8. The Balaban J connectivity index is 2.05. The number of anilines is 2. The zero-order valence-corrected chi connectivity index (χ0v) is 11.8. The third-order valence-corrected chi connectivity index (χ3v) is 2.86. The molecule has 0 aliphatic heterocycles. The van der Waals surface area contributed by atoms with Crippen LogP contribution in [-0.4, -0.2) is 52.4 Å². The predicted molar refractivity (Wildman–Crippen MR) is 78.1 cm³/mol. The summed E-state index contributed by atoms with van der Waals surface area (Å²) >= 11 is 0. The van der Waals surface area contributed by atoms with Gasteiger partial charge in [-0.05, 0) is 13.3 Å². The van der Waals surface area contributed by atoms with Crippen molar-refractivity contribution in [2.45, 2.75) is 19.4 Å².